The first kappa shape index (κ1) is 22.6. The Labute approximate surface area is 184 Å². The van der Waals surface area contributed by atoms with Crippen LogP contribution in [0.3, 0.4) is 0 Å². The van der Waals surface area contributed by atoms with Crippen LogP contribution in [0.1, 0.15) is 37.0 Å². The number of hydrogen-bond donors (Lipinski definition) is 1. The molecule has 7 nitrogen and oxygen atoms in total. The molecule has 0 atom stereocenters. The minimum Gasteiger partial charge on any atom is -0.465 e. The average molecular weight is 440 g/mol. The number of methoxy groups -OCH3 is 1. The maximum Gasteiger partial charge on any atom is 0.337 e. The molecule has 8 heteroatoms. The Bertz CT molecular complexity index is 1140. The van der Waals surface area contributed by atoms with Gasteiger partial charge in [0.1, 0.15) is 0 Å². The zero-order valence-electron chi connectivity index (χ0n) is 17.8. The number of amides is 1. The van der Waals surface area contributed by atoms with Crippen LogP contribution in [0.2, 0.25) is 0 Å². The molecule has 0 spiro atoms. The largest absolute Gasteiger partial charge is 0.465 e. The highest BCUT2D eigenvalue weighted by molar-refractivity contribution is 7.99. The van der Waals surface area contributed by atoms with E-state index < -0.39 is 5.97 Å². The van der Waals surface area contributed by atoms with Gasteiger partial charge in [-0.25, -0.2) is 9.78 Å². The predicted molar refractivity (Wildman–Crippen MR) is 122 cm³/mol. The fourth-order valence-corrected chi connectivity index (χ4v) is 4.03. The molecule has 1 amide bonds. The molecule has 31 heavy (non-hydrogen) atoms. The van der Waals surface area contributed by atoms with E-state index in [2.05, 4.69) is 10.3 Å². The van der Waals surface area contributed by atoms with E-state index in [1.165, 1.54) is 29.5 Å². The van der Waals surface area contributed by atoms with E-state index >= 15 is 0 Å². The Morgan fingerprint density at radius 3 is 2.48 bits per heavy atom. The summed E-state index contributed by atoms with van der Waals surface area (Å²) in [7, 11) is 1.30. The third kappa shape index (κ3) is 5.14. The van der Waals surface area contributed by atoms with Crippen LogP contribution >= 0.6 is 11.8 Å². The fraction of sp³-hybridized carbons (Fsp3) is 0.304. The number of ether oxygens (including phenoxy) is 1. The zero-order chi connectivity index (χ0) is 22.4. The number of fused-ring (bicyclic) bond motifs is 1. The number of carbonyl (C=O) groups is 2. The first-order valence-electron chi connectivity index (χ1n) is 10.1. The maximum absolute atomic E-state index is 13.3. The van der Waals surface area contributed by atoms with Gasteiger partial charge >= 0.3 is 5.97 Å². The maximum atomic E-state index is 13.3. The van der Waals surface area contributed by atoms with Gasteiger partial charge in [-0.05, 0) is 43.2 Å². The predicted octanol–water partition coefficient (Wildman–Crippen LogP) is 3.57. The van der Waals surface area contributed by atoms with Gasteiger partial charge in [-0.1, -0.05) is 43.8 Å². The van der Waals surface area contributed by atoms with Crippen molar-refractivity contribution in [3.63, 3.8) is 0 Å². The molecule has 0 saturated heterocycles. The molecule has 2 aromatic carbocycles. The van der Waals surface area contributed by atoms with Crippen molar-refractivity contribution in [2.45, 2.75) is 37.9 Å². The highest BCUT2D eigenvalue weighted by Gasteiger charge is 2.17. The second-order valence-electron chi connectivity index (χ2n) is 6.96. The van der Waals surface area contributed by atoms with Crippen LogP contribution in [0.25, 0.3) is 16.6 Å². The van der Waals surface area contributed by atoms with Crippen LogP contribution in [-0.2, 0) is 9.53 Å². The highest BCUT2D eigenvalue weighted by atomic mass is 32.2. The number of para-hydroxylation sites is 1. The van der Waals surface area contributed by atoms with Crippen molar-refractivity contribution in [3.05, 3.63) is 64.4 Å². The number of nitrogens with zero attached hydrogens (tertiary/aromatic N) is 2. The molecule has 0 fully saturated rings. The fourth-order valence-electron chi connectivity index (χ4n) is 3.20. The smallest absolute Gasteiger partial charge is 0.337 e. The molecule has 1 heterocycles. The standard InChI is InChI=1S/C23H25N3O4S/c1-4-16(5-2)24-20(27)14-31-23-25-19-13-15(22(29)30-3)11-12-18(19)21(28)26(23)17-9-7-6-8-10-17/h6-13,16H,4-5,14H2,1-3H3,(H,24,27). The van der Waals surface area contributed by atoms with Crippen molar-refractivity contribution in [1.29, 1.82) is 0 Å². The first-order valence-corrected chi connectivity index (χ1v) is 11.1. The Hall–Kier alpha value is -3.13. The number of carbonyl (C=O) groups excluding carboxylic acids is 2. The number of benzene rings is 2. The van der Waals surface area contributed by atoms with Gasteiger partial charge in [0.2, 0.25) is 5.91 Å². The summed E-state index contributed by atoms with van der Waals surface area (Å²) >= 11 is 1.19. The molecule has 3 aromatic rings. The lowest BCUT2D eigenvalue weighted by molar-refractivity contribution is -0.119. The van der Waals surface area contributed by atoms with Gasteiger partial charge < -0.3 is 10.1 Å². The normalized spacial score (nSPS) is 11.0. The Morgan fingerprint density at radius 1 is 1.13 bits per heavy atom. The van der Waals surface area contributed by atoms with Crippen LogP contribution in [0, 0.1) is 0 Å². The average Bonchev–Trinajstić information content (AvgIpc) is 2.80. The second kappa shape index (κ2) is 10.3. The van der Waals surface area contributed by atoms with Crippen LogP contribution in [0.15, 0.2) is 58.5 Å². The van der Waals surface area contributed by atoms with Gasteiger partial charge in [0.25, 0.3) is 5.56 Å². The summed E-state index contributed by atoms with van der Waals surface area (Å²) in [6.07, 6.45) is 1.71. The molecule has 0 radical (unpaired) electrons. The summed E-state index contributed by atoms with van der Waals surface area (Å²) in [5.41, 5.74) is 1.07. The van der Waals surface area contributed by atoms with Gasteiger partial charge in [0.05, 0.1) is 35.0 Å². The first-order chi connectivity index (χ1) is 15.0. The van der Waals surface area contributed by atoms with Crippen molar-refractivity contribution < 1.29 is 14.3 Å². The van der Waals surface area contributed by atoms with Crippen LogP contribution in [0.4, 0.5) is 0 Å². The number of nitrogens with one attached hydrogen (secondary N) is 1. The molecule has 0 aliphatic heterocycles. The Kier molecular flexibility index (Phi) is 7.46. The number of aromatic nitrogens is 2. The minimum atomic E-state index is -0.505. The van der Waals surface area contributed by atoms with E-state index in [9.17, 15) is 14.4 Å². The SMILES string of the molecule is CCC(CC)NC(=O)CSc1nc2cc(C(=O)OC)ccc2c(=O)n1-c1ccccc1. The summed E-state index contributed by atoms with van der Waals surface area (Å²) in [6.45, 7) is 4.05. The topological polar surface area (TPSA) is 90.3 Å². The summed E-state index contributed by atoms with van der Waals surface area (Å²) in [4.78, 5) is 42.2. The van der Waals surface area contributed by atoms with Crippen molar-refractivity contribution in [1.82, 2.24) is 14.9 Å². The molecule has 0 aliphatic rings. The van der Waals surface area contributed by atoms with E-state index in [1.54, 1.807) is 12.1 Å². The molecular weight excluding hydrogens is 414 g/mol. The lowest BCUT2D eigenvalue weighted by atomic mass is 10.1. The van der Waals surface area contributed by atoms with Crippen molar-refractivity contribution >= 4 is 34.5 Å². The molecule has 0 saturated carbocycles. The van der Waals surface area contributed by atoms with E-state index in [0.29, 0.717) is 27.3 Å². The lowest BCUT2D eigenvalue weighted by Gasteiger charge is -2.16. The minimum absolute atomic E-state index is 0.115. The quantitative estimate of drug-likeness (QED) is 0.328. The number of thioether (sulfide) groups is 1. The second-order valence-corrected chi connectivity index (χ2v) is 7.91. The molecule has 0 unspecified atom stereocenters. The summed E-state index contributed by atoms with van der Waals surface area (Å²) in [5.74, 6) is -0.497. The van der Waals surface area contributed by atoms with Crippen molar-refractivity contribution in [3.8, 4) is 5.69 Å². The van der Waals surface area contributed by atoms with Crippen LogP contribution in [-0.4, -0.2) is 40.3 Å². The van der Waals surface area contributed by atoms with Crippen LogP contribution in [0.5, 0.6) is 0 Å². The third-order valence-electron chi connectivity index (χ3n) is 4.96. The van der Waals surface area contributed by atoms with Crippen molar-refractivity contribution in [2.75, 3.05) is 12.9 Å². The molecular formula is C23H25N3O4S. The summed E-state index contributed by atoms with van der Waals surface area (Å²) < 4.78 is 6.26. The molecule has 0 aliphatic carbocycles. The monoisotopic (exact) mass is 439 g/mol. The Balaban J connectivity index is 2.04. The van der Waals surface area contributed by atoms with Crippen molar-refractivity contribution in [2.24, 2.45) is 0 Å². The molecule has 3 rings (SSSR count). The molecule has 1 aromatic heterocycles. The number of esters is 1. The highest BCUT2D eigenvalue weighted by Crippen LogP contribution is 2.22. The molecule has 162 valence electrons. The third-order valence-corrected chi connectivity index (χ3v) is 5.90. The van der Waals surface area contributed by atoms with Gasteiger partial charge in [0, 0.05) is 6.04 Å². The van der Waals surface area contributed by atoms with Gasteiger partial charge in [-0.2, -0.15) is 0 Å². The summed E-state index contributed by atoms with van der Waals surface area (Å²) in [6, 6.07) is 13.9. The lowest BCUT2D eigenvalue weighted by Crippen LogP contribution is -2.35. The van der Waals surface area contributed by atoms with Gasteiger partial charge in [-0.15, -0.1) is 0 Å². The Morgan fingerprint density at radius 2 is 1.84 bits per heavy atom. The molecule has 0 bridgehead atoms. The van der Waals surface area contributed by atoms with E-state index in [0.717, 1.165) is 12.8 Å². The summed E-state index contributed by atoms with van der Waals surface area (Å²) in [5, 5.41) is 3.75. The number of rotatable bonds is 8. The van der Waals surface area contributed by atoms with Gasteiger partial charge in [0.15, 0.2) is 5.16 Å². The zero-order valence-corrected chi connectivity index (χ0v) is 18.6. The van der Waals surface area contributed by atoms with E-state index in [-0.39, 0.29) is 23.3 Å². The van der Waals surface area contributed by atoms with E-state index in [1.807, 2.05) is 44.2 Å². The molecule has 1 N–H and O–H groups in total. The van der Waals surface area contributed by atoms with E-state index in [4.69, 9.17) is 4.74 Å². The van der Waals surface area contributed by atoms with Crippen LogP contribution < -0.4 is 10.9 Å². The van der Waals surface area contributed by atoms with Gasteiger partial charge in [-0.3, -0.25) is 14.2 Å². The number of hydrogen-bond acceptors (Lipinski definition) is 6.